The second kappa shape index (κ2) is 8.29. The van der Waals surface area contributed by atoms with Gasteiger partial charge in [0.2, 0.25) is 5.43 Å². The molecule has 166 valence electrons. The second-order valence-corrected chi connectivity index (χ2v) is 7.86. The summed E-state index contributed by atoms with van der Waals surface area (Å²) in [5, 5.41) is 10.8. The van der Waals surface area contributed by atoms with E-state index in [9.17, 15) is 27.5 Å². The van der Waals surface area contributed by atoms with Crippen LogP contribution in [0.15, 0.2) is 35.3 Å². The van der Waals surface area contributed by atoms with Gasteiger partial charge in [-0.1, -0.05) is 13.8 Å². The number of methoxy groups -OCH3 is 2. The van der Waals surface area contributed by atoms with Crippen molar-refractivity contribution in [2.45, 2.75) is 50.9 Å². The number of benzene rings is 1. The number of pyridine rings is 1. The van der Waals surface area contributed by atoms with Crippen LogP contribution >= 0.6 is 0 Å². The fourth-order valence-corrected chi connectivity index (χ4v) is 3.64. The molecule has 0 saturated heterocycles. The van der Waals surface area contributed by atoms with Gasteiger partial charge in [-0.2, -0.15) is 13.2 Å². The van der Waals surface area contributed by atoms with E-state index in [0.29, 0.717) is 0 Å². The van der Waals surface area contributed by atoms with E-state index in [1.54, 1.807) is 0 Å². The molecule has 30 heavy (non-hydrogen) atoms. The Hall–Kier alpha value is -2.55. The van der Waals surface area contributed by atoms with Crippen molar-refractivity contribution in [2.75, 3.05) is 14.2 Å². The zero-order valence-corrected chi connectivity index (χ0v) is 17.4. The predicted molar refractivity (Wildman–Crippen MR) is 104 cm³/mol. The molecular weight excluding hydrogens is 406 g/mol. The van der Waals surface area contributed by atoms with E-state index in [0.717, 1.165) is 22.8 Å². The average molecular weight is 431 g/mol. The molecule has 0 aliphatic rings. The summed E-state index contributed by atoms with van der Waals surface area (Å²) in [6.45, 7) is 3.50. The Morgan fingerprint density at radius 1 is 1.10 bits per heavy atom. The Balaban J connectivity index is 2.53. The molecule has 1 aromatic heterocycles. The number of aliphatic hydroxyl groups is 1. The van der Waals surface area contributed by atoms with Gasteiger partial charge >= 0.3 is 6.18 Å². The van der Waals surface area contributed by atoms with E-state index in [1.807, 2.05) is 0 Å². The van der Waals surface area contributed by atoms with Crippen LogP contribution in [0, 0.1) is 12.7 Å². The predicted octanol–water partition coefficient (Wildman–Crippen LogP) is 3.97. The third-order valence-electron chi connectivity index (χ3n) is 5.18. The van der Waals surface area contributed by atoms with Crippen LogP contribution in [0.25, 0.3) is 0 Å². The third kappa shape index (κ3) is 4.61. The maximum Gasteiger partial charge on any atom is 0.418 e. The molecule has 1 N–H and O–H groups in total. The normalized spacial score (nSPS) is 14.3. The summed E-state index contributed by atoms with van der Waals surface area (Å²) in [7, 11) is 2.57. The fourth-order valence-electron chi connectivity index (χ4n) is 3.64. The van der Waals surface area contributed by atoms with Gasteiger partial charge in [-0.05, 0) is 37.0 Å². The summed E-state index contributed by atoms with van der Waals surface area (Å²) in [6, 6.07) is 4.65. The first-order chi connectivity index (χ1) is 13.8. The molecular formula is C21H25F4NO4. The van der Waals surface area contributed by atoms with Crippen molar-refractivity contribution in [1.29, 1.82) is 0 Å². The number of ether oxygens (including phenoxy) is 2. The number of hydrogen-bond acceptors (Lipinski definition) is 4. The first kappa shape index (κ1) is 23.7. The summed E-state index contributed by atoms with van der Waals surface area (Å²) in [5.74, 6) is -0.518. The monoisotopic (exact) mass is 431 g/mol. The number of nitrogens with zero attached hydrogens (tertiary/aromatic N) is 1. The van der Waals surface area contributed by atoms with Gasteiger partial charge in [-0.25, -0.2) is 4.39 Å². The average Bonchev–Trinajstić information content (AvgIpc) is 2.63. The van der Waals surface area contributed by atoms with E-state index >= 15 is 0 Å². The largest absolute Gasteiger partial charge is 0.496 e. The van der Waals surface area contributed by atoms with Crippen molar-refractivity contribution in [3.05, 3.63) is 57.8 Å². The van der Waals surface area contributed by atoms with Crippen LogP contribution in [0.5, 0.6) is 11.5 Å². The van der Waals surface area contributed by atoms with Crippen LogP contribution in [0.2, 0.25) is 0 Å². The van der Waals surface area contributed by atoms with Gasteiger partial charge in [-0.3, -0.25) is 4.79 Å². The number of rotatable bonds is 7. The Kier molecular flexibility index (Phi) is 6.56. The molecule has 1 aromatic carbocycles. The molecule has 5 nitrogen and oxygen atoms in total. The SMILES string of the molecule is COc1ccc(F)cc1C(C)(C)CC(O)(Cn1ccc(=O)c(OC)c1C)C(F)(F)F. The van der Waals surface area contributed by atoms with Gasteiger partial charge in [0.05, 0.1) is 26.5 Å². The number of halogens is 4. The van der Waals surface area contributed by atoms with Gasteiger partial charge in [0.1, 0.15) is 11.6 Å². The Morgan fingerprint density at radius 2 is 1.73 bits per heavy atom. The maximum absolute atomic E-state index is 14.0. The minimum Gasteiger partial charge on any atom is -0.496 e. The lowest BCUT2D eigenvalue weighted by atomic mass is 9.74. The molecule has 0 aliphatic carbocycles. The first-order valence-electron chi connectivity index (χ1n) is 9.13. The minimum atomic E-state index is -5.01. The summed E-state index contributed by atoms with van der Waals surface area (Å²) < 4.78 is 67.2. The lowest BCUT2D eigenvalue weighted by Gasteiger charge is -2.39. The smallest absolute Gasteiger partial charge is 0.418 e. The molecule has 0 bridgehead atoms. The van der Waals surface area contributed by atoms with Crippen LogP contribution in [-0.4, -0.2) is 35.7 Å². The van der Waals surface area contributed by atoms with Gasteiger partial charge in [-0.15, -0.1) is 0 Å². The molecule has 0 fully saturated rings. The third-order valence-corrected chi connectivity index (χ3v) is 5.18. The second-order valence-electron chi connectivity index (χ2n) is 7.86. The molecule has 0 saturated carbocycles. The van der Waals surface area contributed by atoms with E-state index in [-0.39, 0.29) is 22.8 Å². The van der Waals surface area contributed by atoms with Gasteiger partial charge < -0.3 is 19.1 Å². The van der Waals surface area contributed by atoms with Crippen molar-refractivity contribution < 1.29 is 32.1 Å². The van der Waals surface area contributed by atoms with Crippen molar-refractivity contribution in [3.63, 3.8) is 0 Å². The molecule has 0 aliphatic heterocycles. The molecule has 1 unspecified atom stereocenters. The molecule has 2 aromatic rings. The van der Waals surface area contributed by atoms with Crippen molar-refractivity contribution in [1.82, 2.24) is 4.57 Å². The zero-order chi connectivity index (χ0) is 22.9. The van der Waals surface area contributed by atoms with Crippen molar-refractivity contribution >= 4 is 0 Å². The van der Waals surface area contributed by atoms with E-state index in [2.05, 4.69) is 0 Å². The zero-order valence-electron chi connectivity index (χ0n) is 17.4. The summed E-state index contributed by atoms with van der Waals surface area (Å²) in [6.07, 6.45) is -4.61. The van der Waals surface area contributed by atoms with Crippen LogP contribution in [0.4, 0.5) is 17.6 Å². The minimum absolute atomic E-state index is 0.104. The Labute approximate surface area is 171 Å². The van der Waals surface area contributed by atoms with Crippen molar-refractivity contribution in [3.8, 4) is 11.5 Å². The fraction of sp³-hybridized carbons (Fsp3) is 0.476. The van der Waals surface area contributed by atoms with Gasteiger partial charge in [0.15, 0.2) is 11.4 Å². The maximum atomic E-state index is 14.0. The highest BCUT2D eigenvalue weighted by molar-refractivity contribution is 5.40. The standard InChI is InChI=1S/C21H25F4NO4/c1-13-18(30-5)16(27)8-9-26(13)12-20(28,21(23,24)25)11-19(2,3)15-10-14(22)6-7-17(15)29-4/h6-10,28H,11-12H2,1-5H3. The van der Waals surface area contributed by atoms with E-state index < -0.39 is 41.4 Å². The van der Waals surface area contributed by atoms with Crippen LogP contribution < -0.4 is 14.9 Å². The van der Waals surface area contributed by atoms with Crippen LogP contribution in [-0.2, 0) is 12.0 Å². The van der Waals surface area contributed by atoms with Crippen LogP contribution in [0.1, 0.15) is 31.5 Å². The lowest BCUT2D eigenvalue weighted by Crippen LogP contribution is -2.52. The molecule has 9 heteroatoms. The van der Waals surface area contributed by atoms with E-state index in [4.69, 9.17) is 9.47 Å². The lowest BCUT2D eigenvalue weighted by molar-refractivity contribution is -0.271. The summed E-state index contributed by atoms with van der Waals surface area (Å²) >= 11 is 0. The summed E-state index contributed by atoms with van der Waals surface area (Å²) in [5.41, 5.74) is -4.63. The Bertz CT molecular complexity index is 968. The molecule has 1 heterocycles. The van der Waals surface area contributed by atoms with Gasteiger partial charge in [0, 0.05) is 17.8 Å². The highest BCUT2D eigenvalue weighted by atomic mass is 19.4. The molecule has 0 radical (unpaired) electrons. The summed E-state index contributed by atoms with van der Waals surface area (Å²) in [4.78, 5) is 11.8. The quantitative estimate of drug-likeness (QED) is 0.674. The molecule has 0 amide bonds. The van der Waals surface area contributed by atoms with Crippen LogP contribution in [0.3, 0.4) is 0 Å². The molecule has 2 rings (SSSR count). The number of hydrogen-bond donors (Lipinski definition) is 1. The van der Waals surface area contributed by atoms with Crippen molar-refractivity contribution in [2.24, 2.45) is 0 Å². The first-order valence-corrected chi connectivity index (χ1v) is 9.13. The molecule has 1 atom stereocenters. The Morgan fingerprint density at radius 3 is 2.27 bits per heavy atom. The van der Waals surface area contributed by atoms with E-state index in [1.165, 1.54) is 47.3 Å². The highest BCUT2D eigenvalue weighted by Gasteiger charge is 2.56. The number of alkyl halides is 3. The topological polar surface area (TPSA) is 60.7 Å². The van der Waals surface area contributed by atoms with Gasteiger partial charge in [0.25, 0.3) is 0 Å². The number of aromatic nitrogens is 1. The molecule has 0 spiro atoms. The highest BCUT2D eigenvalue weighted by Crippen LogP contribution is 2.44.